The molecule has 0 atom stereocenters. The molecule has 0 saturated carbocycles. The van der Waals surface area contributed by atoms with Gasteiger partial charge in [0.15, 0.2) is 5.13 Å². The summed E-state index contributed by atoms with van der Waals surface area (Å²) in [4.78, 5) is 4.76. The Morgan fingerprint density at radius 1 is 1.29 bits per heavy atom. The van der Waals surface area contributed by atoms with E-state index in [4.69, 9.17) is 9.72 Å². The van der Waals surface area contributed by atoms with E-state index in [2.05, 4.69) is 52.9 Å². The quantitative estimate of drug-likeness (QED) is 0.782. The highest BCUT2D eigenvalue weighted by Crippen LogP contribution is 2.40. The second kappa shape index (κ2) is 6.65. The van der Waals surface area contributed by atoms with Crippen LogP contribution in [0, 0.1) is 6.92 Å². The summed E-state index contributed by atoms with van der Waals surface area (Å²) in [7, 11) is 0. The number of fused-ring (bicyclic) bond motifs is 1. The molecule has 0 bridgehead atoms. The number of ether oxygens (including phenoxy) is 1. The highest BCUT2D eigenvalue weighted by atomic mass is 32.1. The Balaban J connectivity index is 2.57. The van der Waals surface area contributed by atoms with Crippen LogP contribution in [0.15, 0.2) is 6.07 Å². The molecule has 0 amide bonds. The van der Waals surface area contributed by atoms with Crippen molar-refractivity contribution in [2.24, 2.45) is 0 Å². The summed E-state index contributed by atoms with van der Waals surface area (Å²) in [6.07, 6.45) is 1.29. The molecular weight excluding hydrogens is 280 g/mol. The van der Waals surface area contributed by atoms with Crippen LogP contribution in [-0.2, 0) is 0 Å². The molecule has 0 spiro atoms. The number of thiazole rings is 1. The smallest absolute Gasteiger partial charge is 0.183 e. The van der Waals surface area contributed by atoms with Gasteiger partial charge in [0.25, 0.3) is 0 Å². The van der Waals surface area contributed by atoms with Crippen molar-refractivity contribution in [2.45, 2.75) is 60.0 Å². The molecule has 0 unspecified atom stereocenters. The Labute approximate surface area is 131 Å². The lowest BCUT2D eigenvalue weighted by atomic mass is 9.99. The van der Waals surface area contributed by atoms with E-state index >= 15 is 0 Å². The summed E-state index contributed by atoms with van der Waals surface area (Å²) >= 11 is 1.75. The van der Waals surface area contributed by atoms with Crippen LogP contribution in [0.5, 0.6) is 5.75 Å². The molecule has 3 nitrogen and oxygen atoms in total. The summed E-state index contributed by atoms with van der Waals surface area (Å²) in [5.41, 5.74) is 3.58. The van der Waals surface area contributed by atoms with Crippen LogP contribution in [0.3, 0.4) is 0 Å². The normalized spacial score (nSPS) is 11.6. The number of hydrogen-bond donors (Lipinski definition) is 1. The van der Waals surface area contributed by atoms with Gasteiger partial charge in [0.1, 0.15) is 5.75 Å². The highest BCUT2D eigenvalue weighted by Gasteiger charge is 2.19. The first kappa shape index (κ1) is 16.1. The number of rotatable bonds is 6. The zero-order valence-electron chi connectivity index (χ0n) is 13.9. The minimum atomic E-state index is 0.185. The molecule has 116 valence electrons. The van der Waals surface area contributed by atoms with Gasteiger partial charge in [-0.3, -0.25) is 0 Å². The van der Waals surface area contributed by atoms with Crippen molar-refractivity contribution in [2.75, 3.05) is 11.9 Å². The Morgan fingerprint density at radius 2 is 2.00 bits per heavy atom. The summed E-state index contributed by atoms with van der Waals surface area (Å²) in [5.74, 6) is 1.43. The Hall–Kier alpha value is -1.29. The topological polar surface area (TPSA) is 34.2 Å². The molecule has 4 heteroatoms. The van der Waals surface area contributed by atoms with E-state index in [0.29, 0.717) is 5.92 Å². The number of benzene rings is 1. The molecule has 0 fully saturated rings. The van der Waals surface area contributed by atoms with E-state index in [9.17, 15) is 0 Å². The van der Waals surface area contributed by atoms with Crippen LogP contribution in [-0.4, -0.2) is 17.6 Å². The first-order valence-corrected chi connectivity index (χ1v) is 8.60. The predicted octanol–water partition coefficient (Wildman–Crippen LogP) is 5.34. The lowest BCUT2D eigenvalue weighted by molar-refractivity contribution is 0.239. The zero-order valence-corrected chi connectivity index (χ0v) is 14.7. The van der Waals surface area contributed by atoms with Gasteiger partial charge < -0.3 is 10.1 Å². The fraction of sp³-hybridized carbons (Fsp3) is 0.588. The monoisotopic (exact) mass is 306 g/mol. The van der Waals surface area contributed by atoms with Gasteiger partial charge in [-0.15, -0.1) is 0 Å². The average molecular weight is 306 g/mol. The van der Waals surface area contributed by atoms with Crippen molar-refractivity contribution in [1.29, 1.82) is 0 Å². The zero-order chi connectivity index (χ0) is 15.6. The van der Waals surface area contributed by atoms with Gasteiger partial charge in [-0.1, -0.05) is 32.1 Å². The minimum absolute atomic E-state index is 0.185. The summed E-state index contributed by atoms with van der Waals surface area (Å²) < 4.78 is 7.31. The van der Waals surface area contributed by atoms with E-state index in [1.165, 1.54) is 15.8 Å². The van der Waals surface area contributed by atoms with Gasteiger partial charge in [0, 0.05) is 12.1 Å². The molecule has 21 heavy (non-hydrogen) atoms. The second-order valence-corrected chi connectivity index (χ2v) is 7.05. The van der Waals surface area contributed by atoms with Gasteiger partial charge in [-0.2, -0.15) is 0 Å². The van der Waals surface area contributed by atoms with Gasteiger partial charge in [-0.25, -0.2) is 4.98 Å². The molecule has 0 radical (unpaired) electrons. The summed E-state index contributed by atoms with van der Waals surface area (Å²) in [5, 5.41) is 4.42. The maximum atomic E-state index is 6.04. The third-order valence-electron chi connectivity index (χ3n) is 3.32. The van der Waals surface area contributed by atoms with E-state index in [0.717, 1.165) is 29.4 Å². The molecular formula is C17H26N2OS. The number of nitrogens with zero attached hydrogens (tertiary/aromatic N) is 1. The number of anilines is 1. The molecule has 0 aliphatic carbocycles. The molecule has 0 saturated heterocycles. The van der Waals surface area contributed by atoms with Gasteiger partial charge in [0.05, 0.1) is 16.3 Å². The summed E-state index contributed by atoms with van der Waals surface area (Å²) in [6.45, 7) is 13.8. The molecule has 0 aliphatic heterocycles. The van der Waals surface area contributed by atoms with E-state index in [1.54, 1.807) is 11.3 Å². The molecule has 1 N–H and O–H groups in total. The maximum absolute atomic E-state index is 6.04. The van der Waals surface area contributed by atoms with Crippen LogP contribution in [0.2, 0.25) is 0 Å². The van der Waals surface area contributed by atoms with E-state index in [1.807, 2.05) is 0 Å². The largest absolute Gasteiger partial charge is 0.491 e. The average Bonchev–Trinajstić information content (AvgIpc) is 2.79. The number of aromatic nitrogens is 1. The highest BCUT2D eigenvalue weighted by molar-refractivity contribution is 7.22. The number of aryl methyl sites for hydroxylation is 1. The van der Waals surface area contributed by atoms with E-state index in [-0.39, 0.29) is 6.10 Å². The molecule has 2 aromatic rings. The summed E-state index contributed by atoms with van der Waals surface area (Å²) in [6, 6.07) is 2.14. The number of hydrogen-bond acceptors (Lipinski definition) is 4. The molecule has 1 aromatic carbocycles. The third kappa shape index (κ3) is 3.49. The van der Waals surface area contributed by atoms with Crippen molar-refractivity contribution in [3.8, 4) is 5.75 Å². The third-order valence-corrected chi connectivity index (χ3v) is 4.37. The molecule has 1 aromatic heterocycles. The van der Waals surface area contributed by atoms with Crippen molar-refractivity contribution in [1.82, 2.24) is 4.98 Å². The van der Waals surface area contributed by atoms with Crippen LogP contribution in [0.4, 0.5) is 5.13 Å². The molecule has 1 heterocycles. The lowest BCUT2D eigenvalue weighted by Gasteiger charge is -2.18. The van der Waals surface area contributed by atoms with Crippen molar-refractivity contribution >= 4 is 26.7 Å². The number of nitrogens with one attached hydrogen (secondary N) is 1. The van der Waals surface area contributed by atoms with Crippen molar-refractivity contribution in [3.63, 3.8) is 0 Å². The SMILES string of the molecule is CCCNc1nc2c(C)cc(OC(C)C)c(C(C)C)c2s1. The lowest BCUT2D eigenvalue weighted by Crippen LogP contribution is -2.08. The Bertz CT molecular complexity index is 617. The van der Waals surface area contributed by atoms with Gasteiger partial charge in [-0.05, 0) is 44.7 Å². The fourth-order valence-electron chi connectivity index (χ4n) is 2.43. The van der Waals surface area contributed by atoms with Crippen LogP contribution >= 0.6 is 11.3 Å². The molecule has 2 rings (SSSR count). The van der Waals surface area contributed by atoms with Gasteiger partial charge >= 0.3 is 0 Å². The van der Waals surface area contributed by atoms with Gasteiger partial charge in [0.2, 0.25) is 0 Å². The minimum Gasteiger partial charge on any atom is -0.491 e. The first-order valence-electron chi connectivity index (χ1n) is 7.78. The molecule has 0 aliphatic rings. The second-order valence-electron chi connectivity index (χ2n) is 6.05. The van der Waals surface area contributed by atoms with Crippen LogP contribution < -0.4 is 10.1 Å². The predicted molar refractivity (Wildman–Crippen MR) is 93.0 cm³/mol. The van der Waals surface area contributed by atoms with Crippen molar-refractivity contribution < 1.29 is 4.74 Å². The van der Waals surface area contributed by atoms with Crippen LogP contribution in [0.25, 0.3) is 10.2 Å². The maximum Gasteiger partial charge on any atom is 0.183 e. The standard InChI is InChI=1S/C17H26N2OS/c1-7-8-18-17-19-15-12(6)9-13(20-11(4)5)14(10(2)3)16(15)21-17/h9-11H,7-8H2,1-6H3,(H,18,19). The Kier molecular flexibility index (Phi) is 5.09. The van der Waals surface area contributed by atoms with Crippen LogP contribution in [0.1, 0.15) is 58.1 Å². The fourth-order valence-corrected chi connectivity index (χ4v) is 3.68. The first-order chi connectivity index (χ1) is 9.93. The van der Waals surface area contributed by atoms with Crippen molar-refractivity contribution in [3.05, 3.63) is 17.2 Å². The Morgan fingerprint density at radius 3 is 2.57 bits per heavy atom. The van der Waals surface area contributed by atoms with E-state index < -0.39 is 0 Å².